The van der Waals surface area contributed by atoms with Crippen molar-refractivity contribution in [1.29, 1.82) is 0 Å². The zero-order chi connectivity index (χ0) is 42.2. The molecule has 1 saturated heterocycles. The Labute approximate surface area is 345 Å². The summed E-state index contributed by atoms with van der Waals surface area (Å²) in [6.07, 6.45) is 7.86. The van der Waals surface area contributed by atoms with Gasteiger partial charge in [-0.15, -0.1) is 0 Å². The molecule has 16 heteroatoms. The molecule has 3 aromatic carbocycles. The Balaban J connectivity index is 1.13. The number of carbonyl (C=O) groups is 2. The number of aromatic nitrogens is 1. The second-order valence-corrected chi connectivity index (χ2v) is 17.2. The van der Waals surface area contributed by atoms with Crippen LogP contribution in [0, 0.1) is 5.41 Å². The molecule has 1 aliphatic carbocycles. The third-order valence-electron chi connectivity index (χ3n) is 10.2. The van der Waals surface area contributed by atoms with Gasteiger partial charge in [-0.25, -0.2) is 22.9 Å². The van der Waals surface area contributed by atoms with Crippen molar-refractivity contribution < 1.29 is 37.0 Å². The highest BCUT2D eigenvalue weighted by Gasteiger charge is 2.51. The highest BCUT2D eigenvalue weighted by atomic mass is 32.2. The summed E-state index contributed by atoms with van der Waals surface area (Å²) in [4.78, 5) is 33.5. The highest BCUT2D eigenvalue weighted by Crippen LogP contribution is 2.41. The average Bonchev–Trinajstić information content (AvgIpc) is 3.20. The molecule has 4 aromatic rings. The van der Waals surface area contributed by atoms with E-state index in [9.17, 15) is 18.0 Å². The summed E-state index contributed by atoms with van der Waals surface area (Å²) >= 11 is 0. The number of rotatable bonds is 15. The van der Waals surface area contributed by atoms with Gasteiger partial charge < -0.3 is 40.2 Å². The summed E-state index contributed by atoms with van der Waals surface area (Å²) in [5.74, 6) is 1.84. The van der Waals surface area contributed by atoms with Crippen molar-refractivity contribution in [3.05, 3.63) is 102 Å². The fraction of sp³-hybridized carbons (Fsp3) is 0.372. The van der Waals surface area contributed by atoms with Gasteiger partial charge in [0, 0.05) is 67.1 Å². The molecule has 5 N–H and O–H groups in total. The van der Waals surface area contributed by atoms with E-state index in [1.807, 2.05) is 45.0 Å². The van der Waals surface area contributed by atoms with Crippen LogP contribution in [0.5, 0.6) is 17.2 Å². The van der Waals surface area contributed by atoms with E-state index < -0.39 is 33.1 Å². The Bertz CT molecular complexity index is 2320. The fourth-order valence-electron chi connectivity index (χ4n) is 7.26. The van der Waals surface area contributed by atoms with Crippen LogP contribution in [0.25, 0.3) is 10.8 Å². The number of nitrogens with one attached hydrogen (secondary N) is 5. The van der Waals surface area contributed by atoms with Crippen LogP contribution in [0.3, 0.4) is 0 Å². The number of allylic oxidation sites excluding steroid dienone is 2. The first-order valence-electron chi connectivity index (χ1n) is 19.4. The molecule has 2 unspecified atom stereocenters. The molecule has 6 rings (SSSR count). The Morgan fingerprint density at radius 1 is 0.966 bits per heavy atom. The topological polar surface area (TPSA) is 181 Å². The Morgan fingerprint density at radius 2 is 1.73 bits per heavy atom. The molecule has 3 amide bonds. The summed E-state index contributed by atoms with van der Waals surface area (Å²) in [6.45, 7) is 10.4. The lowest BCUT2D eigenvalue weighted by Gasteiger charge is -2.49. The van der Waals surface area contributed by atoms with Crippen LogP contribution in [0.15, 0.2) is 96.9 Å². The number of amides is 3. The number of sulfonamides is 1. The summed E-state index contributed by atoms with van der Waals surface area (Å²) < 4.78 is 50.9. The van der Waals surface area contributed by atoms with Crippen molar-refractivity contribution in [2.24, 2.45) is 5.41 Å². The first kappa shape index (κ1) is 43.1. The predicted molar refractivity (Wildman–Crippen MR) is 229 cm³/mol. The van der Waals surface area contributed by atoms with Crippen LogP contribution in [0.2, 0.25) is 0 Å². The van der Waals surface area contributed by atoms with Crippen molar-refractivity contribution in [2.45, 2.75) is 38.8 Å². The van der Waals surface area contributed by atoms with Crippen LogP contribution in [-0.2, 0) is 19.5 Å². The number of ether oxygens (including phenoxy) is 4. The van der Waals surface area contributed by atoms with Gasteiger partial charge in [0.15, 0.2) is 0 Å². The molecular formula is C43H53N7O8S. The monoisotopic (exact) mass is 827 g/mol. The Hall–Kier alpha value is -5.52. The lowest BCUT2D eigenvalue weighted by atomic mass is 9.68. The average molecular weight is 828 g/mol. The lowest BCUT2D eigenvalue weighted by Crippen LogP contribution is -2.65. The molecule has 0 radical (unpaired) electrons. The van der Waals surface area contributed by atoms with Crippen molar-refractivity contribution in [3.63, 3.8) is 0 Å². The largest absolute Gasteiger partial charge is 0.497 e. The lowest BCUT2D eigenvalue weighted by molar-refractivity contribution is 0.0182. The minimum atomic E-state index is -3.67. The van der Waals surface area contributed by atoms with Crippen LogP contribution < -0.4 is 35.5 Å². The first-order valence-corrected chi connectivity index (χ1v) is 21.3. The number of benzene rings is 3. The van der Waals surface area contributed by atoms with E-state index in [1.54, 1.807) is 74.0 Å². The number of anilines is 3. The van der Waals surface area contributed by atoms with E-state index in [0.717, 1.165) is 56.3 Å². The van der Waals surface area contributed by atoms with E-state index in [2.05, 4.69) is 35.9 Å². The maximum atomic E-state index is 13.5. The number of urea groups is 1. The fourth-order valence-corrected chi connectivity index (χ4v) is 8.35. The second kappa shape index (κ2) is 18.6. The number of fused-ring (bicyclic) bond motifs is 1. The molecule has 0 spiro atoms. The maximum Gasteiger partial charge on any atom is 0.323 e. The Kier molecular flexibility index (Phi) is 13.6. The third kappa shape index (κ3) is 10.8. The molecule has 1 aromatic heterocycles. The van der Waals surface area contributed by atoms with E-state index in [0.29, 0.717) is 52.2 Å². The molecule has 2 atom stereocenters. The van der Waals surface area contributed by atoms with Gasteiger partial charge in [0.25, 0.3) is 5.91 Å². The van der Waals surface area contributed by atoms with E-state index >= 15 is 0 Å². The molecular weight excluding hydrogens is 775 g/mol. The zero-order valence-electron chi connectivity index (χ0n) is 34.3. The molecule has 59 heavy (non-hydrogen) atoms. The van der Waals surface area contributed by atoms with Crippen LogP contribution in [-0.4, -0.2) is 102 Å². The molecule has 0 saturated carbocycles. The van der Waals surface area contributed by atoms with Crippen LogP contribution in [0.1, 0.15) is 37.6 Å². The summed E-state index contributed by atoms with van der Waals surface area (Å²) in [5, 5.41) is 13.6. The number of morpholine rings is 1. The second-order valence-electron chi connectivity index (χ2n) is 15.4. The Morgan fingerprint density at radius 3 is 2.44 bits per heavy atom. The molecule has 15 nitrogen and oxygen atoms in total. The molecule has 314 valence electrons. The number of methoxy groups -OCH3 is 2. The van der Waals surface area contributed by atoms with Crippen molar-refractivity contribution in [1.82, 2.24) is 25.2 Å². The van der Waals surface area contributed by atoms with Gasteiger partial charge in [0.2, 0.25) is 10.0 Å². The van der Waals surface area contributed by atoms with Gasteiger partial charge in [0.05, 0.1) is 43.5 Å². The van der Waals surface area contributed by atoms with E-state index in [4.69, 9.17) is 18.9 Å². The molecule has 1 fully saturated rings. The van der Waals surface area contributed by atoms with Gasteiger partial charge in [-0.05, 0) is 54.8 Å². The maximum absolute atomic E-state index is 13.5. The standard InChI is InChI=1S/C43H53N7O8S/c1-42(2,3)43(49-59(6,53)54)17-9-13-36(39(43)56-5)48-41(52)47-35-14-15-37(34-12-8-7-11-33(34)35)58-31-16-19-44-38(28-31)46-30-25-29(26-32(27-30)55-4)40(51)45-18-10-20-50-21-23-57-24-22-50/h7-9,11-17,19,25-28,39,49H,10,18,20-24H2,1-6H3,(H,44,46)(H,45,51)(H2,47,48,52). The minimum Gasteiger partial charge on any atom is -0.497 e. The SMILES string of the molecule is COc1cc(Nc2cc(Oc3ccc(NC(=O)NC4=CC=CC(NS(C)(=O)=O)(C(C)(C)C)C4OC)c4ccccc34)ccn2)cc(C(=O)NCCCN2CCOCC2)c1. The summed E-state index contributed by atoms with van der Waals surface area (Å²) in [6, 6.07) is 19.2. The quantitative estimate of drug-likeness (QED) is 0.0867. The highest BCUT2D eigenvalue weighted by molar-refractivity contribution is 7.88. The van der Waals surface area contributed by atoms with Crippen molar-refractivity contribution in [2.75, 3.05) is 70.5 Å². The number of pyridine rings is 1. The first-order chi connectivity index (χ1) is 28.2. The van der Waals surface area contributed by atoms with Gasteiger partial charge in [-0.1, -0.05) is 57.2 Å². The third-order valence-corrected chi connectivity index (χ3v) is 10.9. The predicted octanol–water partition coefficient (Wildman–Crippen LogP) is 6.16. The summed E-state index contributed by atoms with van der Waals surface area (Å²) in [7, 11) is -0.643. The van der Waals surface area contributed by atoms with Gasteiger partial charge in [0.1, 0.15) is 29.2 Å². The van der Waals surface area contributed by atoms with E-state index in [1.165, 1.54) is 7.11 Å². The van der Waals surface area contributed by atoms with Gasteiger partial charge in [-0.3, -0.25) is 9.69 Å². The van der Waals surface area contributed by atoms with Crippen molar-refractivity contribution >= 4 is 49.9 Å². The van der Waals surface area contributed by atoms with Crippen LogP contribution >= 0.6 is 0 Å². The molecule has 1 aliphatic heterocycles. The number of hydrogen-bond acceptors (Lipinski definition) is 11. The number of carbonyl (C=O) groups excluding carboxylic acids is 2. The molecule has 2 heterocycles. The van der Waals surface area contributed by atoms with Crippen LogP contribution in [0.4, 0.5) is 22.0 Å². The summed E-state index contributed by atoms with van der Waals surface area (Å²) in [5.41, 5.74) is 0.148. The smallest absolute Gasteiger partial charge is 0.323 e. The van der Waals surface area contributed by atoms with Gasteiger partial charge >= 0.3 is 6.03 Å². The molecule has 2 aliphatic rings. The van der Waals surface area contributed by atoms with Crippen molar-refractivity contribution in [3.8, 4) is 17.2 Å². The minimum absolute atomic E-state index is 0.201. The van der Waals surface area contributed by atoms with E-state index in [-0.39, 0.29) is 5.91 Å². The number of nitrogens with zero attached hydrogens (tertiary/aromatic N) is 2. The number of hydrogen-bond donors (Lipinski definition) is 5. The normalized spacial score (nSPS) is 18.5. The molecule has 0 bridgehead atoms. The van der Waals surface area contributed by atoms with Gasteiger partial charge in [-0.2, -0.15) is 0 Å². The zero-order valence-corrected chi connectivity index (χ0v) is 35.1.